The Morgan fingerprint density at radius 3 is 2.81 bits per heavy atom. The standard InChI is InChI=1S/C16H16N2O3/c1-9-13(12-4-6-15(19)18-16(12)20)8-10-7-11(21-2)3-5-14(10)17-9/h3,5,7-8,12H,4,6H2,1-2H3,(H,18,19,20). The normalized spacial score (nSPS) is 18.7. The molecule has 0 aliphatic carbocycles. The number of nitrogens with zero attached hydrogens (tertiary/aromatic N) is 1. The zero-order chi connectivity index (χ0) is 15.0. The van der Waals surface area contributed by atoms with Crippen LogP contribution in [0.1, 0.15) is 30.0 Å². The second-order valence-electron chi connectivity index (χ2n) is 5.23. The lowest BCUT2D eigenvalue weighted by Gasteiger charge is -2.22. The third kappa shape index (κ3) is 2.46. The van der Waals surface area contributed by atoms with Gasteiger partial charge < -0.3 is 4.74 Å². The Labute approximate surface area is 122 Å². The van der Waals surface area contributed by atoms with Crippen LogP contribution >= 0.6 is 0 Å². The molecule has 5 heteroatoms. The fourth-order valence-corrected chi connectivity index (χ4v) is 2.74. The lowest BCUT2D eigenvalue weighted by molar-refractivity contribution is -0.134. The highest BCUT2D eigenvalue weighted by atomic mass is 16.5. The van der Waals surface area contributed by atoms with Crippen LogP contribution in [0.3, 0.4) is 0 Å². The molecule has 1 fully saturated rings. The first-order valence-electron chi connectivity index (χ1n) is 6.87. The summed E-state index contributed by atoms with van der Waals surface area (Å²) in [6.45, 7) is 1.89. The number of ether oxygens (including phenoxy) is 1. The van der Waals surface area contributed by atoms with E-state index in [0.717, 1.165) is 27.9 Å². The summed E-state index contributed by atoms with van der Waals surface area (Å²) in [7, 11) is 1.61. The lowest BCUT2D eigenvalue weighted by atomic mass is 9.89. The largest absolute Gasteiger partial charge is 0.497 e. The van der Waals surface area contributed by atoms with Crippen molar-refractivity contribution in [1.29, 1.82) is 0 Å². The first-order valence-corrected chi connectivity index (χ1v) is 6.87. The summed E-state index contributed by atoms with van der Waals surface area (Å²) in [6, 6.07) is 7.63. The van der Waals surface area contributed by atoms with Crippen molar-refractivity contribution in [2.75, 3.05) is 7.11 Å². The molecule has 5 nitrogen and oxygen atoms in total. The maximum atomic E-state index is 12.0. The number of amides is 2. The molecule has 3 rings (SSSR count). The van der Waals surface area contributed by atoms with E-state index in [1.165, 1.54) is 0 Å². The zero-order valence-corrected chi connectivity index (χ0v) is 12.0. The van der Waals surface area contributed by atoms with Gasteiger partial charge in [-0.25, -0.2) is 0 Å². The molecule has 2 amide bonds. The van der Waals surface area contributed by atoms with E-state index in [1.807, 2.05) is 31.2 Å². The molecule has 21 heavy (non-hydrogen) atoms. The van der Waals surface area contributed by atoms with Crippen LogP contribution < -0.4 is 10.1 Å². The molecule has 0 saturated carbocycles. The molecule has 1 N–H and O–H groups in total. The number of carbonyl (C=O) groups excluding carboxylic acids is 2. The second-order valence-corrected chi connectivity index (χ2v) is 5.23. The number of benzene rings is 1. The van der Waals surface area contributed by atoms with Crippen LogP contribution in [0.5, 0.6) is 5.75 Å². The Balaban J connectivity index is 2.07. The molecule has 1 aromatic heterocycles. The first-order chi connectivity index (χ1) is 10.1. The number of nitrogens with one attached hydrogen (secondary N) is 1. The molecule has 108 valence electrons. The number of aromatic nitrogens is 1. The van der Waals surface area contributed by atoms with E-state index in [-0.39, 0.29) is 17.7 Å². The van der Waals surface area contributed by atoms with Crippen LogP contribution in [-0.2, 0) is 9.59 Å². The number of hydrogen-bond donors (Lipinski definition) is 1. The zero-order valence-electron chi connectivity index (χ0n) is 12.0. The quantitative estimate of drug-likeness (QED) is 0.857. The summed E-state index contributed by atoms with van der Waals surface area (Å²) < 4.78 is 5.22. The van der Waals surface area contributed by atoms with Crippen molar-refractivity contribution >= 4 is 22.7 Å². The number of pyridine rings is 1. The Morgan fingerprint density at radius 1 is 1.29 bits per heavy atom. The Hall–Kier alpha value is -2.43. The number of imide groups is 1. The van der Waals surface area contributed by atoms with Crippen molar-refractivity contribution in [1.82, 2.24) is 10.3 Å². The Bertz CT molecular complexity index is 740. The molecule has 1 atom stereocenters. The monoisotopic (exact) mass is 284 g/mol. The Morgan fingerprint density at radius 2 is 2.10 bits per heavy atom. The summed E-state index contributed by atoms with van der Waals surface area (Å²) in [6.07, 6.45) is 0.897. The molecule has 2 aromatic rings. The molecular formula is C16H16N2O3. The number of aryl methyl sites for hydroxylation is 1. The van der Waals surface area contributed by atoms with E-state index in [2.05, 4.69) is 10.3 Å². The van der Waals surface area contributed by atoms with Crippen LogP contribution in [0, 0.1) is 6.92 Å². The second kappa shape index (κ2) is 5.16. The van der Waals surface area contributed by atoms with Gasteiger partial charge in [-0.3, -0.25) is 19.9 Å². The smallest absolute Gasteiger partial charge is 0.234 e. The van der Waals surface area contributed by atoms with Crippen LogP contribution in [0.25, 0.3) is 10.9 Å². The van der Waals surface area contributed by atoms with Crippen LogP contribution in [0.15, 0.2) is 24.3 Å². The van der Waals surface area contributed by atoms with E-state index in [1.54, 1.807) is 7.11 Å². The first kappa shape index (κ1) is 13.5. The van der Waals surface area contributed by atoms with Crippen molar-refractivity contribution in [2.24, 2.45) is 0 Å². The molecular weight excluding hydrogens is 268 g/mol. The summed E-state index contributed by atoms with van der Waals surface area (Å²) in [5, 5.41) is 3.33. The molecule has 1 aromatic carbocycles. The summed E-state index contributed by atoms with van der Waals surface area (Å²) >= 11 is 0. The van der Waals surface area contributed by atoms with E-state index in [9.17, 15) is 9.59 Å². The third-order valence-electron chi connectivity index (χ3n) is 3.87. The number of rotatable bonds is 2. The van der Waals surface area contributed by atoms with Crippen LogP contribution in [0.4, 0.5) is 0 Å². The van der Waals surface area contributed by atoms with Crippen molar-refractivity contribution < 1.29 is 14.3 Å². The van der Waals surface area contributed by atoms with Gasteiger partial charge in [0, 0.05) is 17.5 Å². The lowest BCUT2D eigenvalue weighted by Crippen LogP contribution is -2.39. The van der Waals surface area contributed by atoms with Gasteiger partial charge in [-0.15, -0.1) is 0 Å². The molecule has 2 heterocycles. The fourth-order valence-electron chi connectivity index (χ4n) is 2.74. The fraction of sp³-hybridized carbons (Fsp3) is 0.312. The van der Waals surface area contributed by atoms with Gasteiger partial charge in [0.05, 0.1) is 18.5 Å². The maximum Gasteiger partial charge on any atom is 0.234 e. The molecule has 1 unspecified atom stereocenters. The average Bonchev–Trinajstić information content (AvgIpc) is 2.46. The van der Waals surface area contributed by atoms with Gasteiger partial charge in [-0.1, -0.05) is 0 Å². The summed E-state index contributed by atoms with van der Waals surface area (Å²) in [5.74, 6) is -0.00380. The van der Waals surface area contributed by atoms with Crippen molar-refractivity contribution in [2.45, 2.75) is 25.7 Å². The number of carbonyl (C=O) groups is 2. The van der Waals surface area contributed by atoms with Crippen LogP contribution in [0.2, 0.25) is 0 Å². The van der Waals surface area contributed by atoms with Gasteiger partial charge in [0.15, 0.2) is 0 Å². The van der Waals surface area contributed by atoms with E-state index < -0.39 is 0 Å². The van der Waals surface area contributed by atoms with Crippen molar-refractivity contribution in [3.63, 3.8) is 0 Å². The summed E-state index contributed by atoms with van der Waals surface area (Å²) in [4.78, 5) is 27.9. The highest BCUT2D eigenvalue weighted by Gasteiger charge is 2.29. The number of piperidine rings is 1. The highest BCUT2D eigenvalue weighted by molar-refractivity contribution is 6.01. The summed E-state index contributed by atoms with van der Waals surface area (Å²) in [5.41, 5.74) is 2.56. The van der Waals surface area contributed by atoms with Crippen molar-refractivity contribution in [3.05, 3.63) is 35.5 Å². The van der Waals surface area contributed by atoms with Gasteiger partial charge in [0.2, 0.25) is 11.8 Å². The molecule has 0 radical (unpaired) electrons. The molecule has 1 aliphatic heterocycles. The predicted octanol–water partition coefficient (Wildman–Crippen LogP) is 2.07. The predicted molar refractivity (Wildman–Crippen MR) is 78.2 cm³/mol. The minimum atomic E-state index is -0.314. The number of fused-ring (bicyclic) bond motifs is 1. The topological polar surface area (TPSA) is 68.3 Å². The van der Waals surface area contributed by atoms with Gasteiger partial charge in [-0.2, -0.15) is 0 Å². The van der Waals surface area contributed by atoms with Gasteiger partial charge >= 0.3 is 0 Å². The minimum Gasteiger partial charge on any atom is -0.497 e. The van der Waals surface area contributed by atoms with E-state index >= 15 is 0 Å². The third-order valence-corrected chi connectivity index (χ3v) is 3.87. The van der Waals surface area contributed by atoms with Gasteiger partial charge in [0.25, 0.3) is 0 Å². The SMILES string of the molecule is COc1ccc2nc(C)c(C3CCC(=O)NC3=O)cc2c1. The Kier molecular flexibility index (Phi) is 3.33. The maximum absolute atomic E-state index is 12.0. The number of methoxy groups -OCH3 is 1. The molecule has 1 saturated heterocycles. The van der Waals surface area contributed by atoms with Crippen molar-refractivity contribution in [3.8, 4) is 5.75 Å². The van der Waals surface area contributed by atoms with E-state index in [0.29, 0.717) is 12.8 Å². The van der Waals surface area contributed by atoms with Gasteiger partial charge in [-0.05, 0) is 43.2 Å². The molecule has 0 bridgehead atoms. The highest BCUT2D eigenvalue weighted by Crippen LogP contribution is 2.30. The van der Waals surface area contributed by atoms with Crippen LogP contribution in [-0.4, -0.2) is 23.9 Å². The number of hydrogen-bond acceptors (Lipinski definition) is 4. The van der Waals surface area contributed by atoms with E-state index in [4.69, 9.17) is 4.74 Å². The minimum absolute atomic E-state index is 0.204. The molecule has 1 aliphatic rings. The average molecular weight is 284 g/mol. The molecule has 0 spiro atoms. The van der Waals surface area contributed by atoms with Gasteiger partial charge in [0.1, 0.15) is 5.75 Å².